The minimum Gasteiger partial charge on any atom is -0.378 e. The fourth-order valence-electron chi connectivity index (χ4n) is 4.03. The van der Waals surface area contributed by atoms with Gasteiger partial charge in [0.1, 0.15) is 0 Å². The number of rotatable bonds is 6. The van der Waals surface area contributed by atoms with E-state index in [1.807, 2.05) is 19.1 Å². The molecule has 2 aromatic rings. The lowest BCUT2D eigenvalue weighted by molar-refractivity contribution is -0.169. The Morgan fingerprint density at radius 2 is 2.36 bits per heavy atom. The van der Waals surface area contributed by atoms with Crippen LogP contribution in [0.15, 0.2) is 30.7 Å². The van der Waals surface area contributed by atoms with E-state index in [0.29, 0.717) is 12.2 Å². The number of nitrogens with zero attached hydrogens (tertiary/aromatic N) is 4. The number of ether oxygens (including phenoxy) is 1. The number of nitrogens with one attached hydrogen (secondary N) is 1. The maximum Gasteiger partial charge on any atom is 0.273 e. The molecule has 1 N–H and O–H groups in total. The van der Waals surface area contributed by atoms with Crippen LogP contribution < -0.4 is 5.32 Å². The zero-order valence-corrected chi connectivity index (χ0v) is 14.4. The van der Waals surface area contributed by atoms with Crippen LogP contribution in [0.5, 0.6) is 0 Å². The maximum atomic E-state index is 12.5. The highest BCUT2D eigenvalue weighted by Crippen LogP contribution is 2.57. The van der Waals surface area contributed by atoms with Gasteiger partial charge in [0, 0.05) is 30.5 Å². The molecule has 0 bridgehead atoms. The van der Waals surface area contributed by atoms with Crippen molar-refractivity contribution in [1.82, 2.24) is 25.3 Å². The summed E-state index contributed by atoms with van der Waals surface area (Å²) < 4.78 is 7.50. The highest BCUT2D eigenvalue weighted by molar-refractivity contribution is 5.92. The molecule has 2 aromatic heterocycles. The molecule has 2 heterocycles. The van der Waals surface area contributed by atoms with E-state index in [4.69, 9.17) is 4.74 Å². The second-order valence-corrected chi connectivity index (χ2v) is 6.96. The van der Waals surface area contributed by atoms with E-state index in [2.05, 4.69) is 20.6 Å². The predicted molar refractivity (Wildman–Crippen MR) is 90.9 cm³/mol. The number of hydrogen-bond acceptors (Lipinski definition) is 5. The molecule has 1 spiro atoms. The molecule has 7 nitrogen and oxygen atoms in total. The highest BCUT2D eigenvalue weighted by Gasteiger charge is 2.59. The quantitative estimate of drug-likeness (QED) is 0.866. The Kier molecular flexibility index (Phi) is 4.25. The Labute approximate surface area is 146 Å². The van der Waals surface area contributed by atoms with Gasteiger partial charge >= 0.3 is 0 Å². The minimum absolute atomic E-state index is 0.149. The van der Waals surface area contributed by atoms with E-state index >= 15 is 0 Å². The Bertz CT molecular complexity index is 741. The van der Waals surface area contributed by atoms with E-state index < -0.39 is 0 Å². The van der Waals surface area contributed by atoms with Gasteiger partial charge in [-0.3, -0.25) is 9.78 Å². The van der Waals surface area contributed by atoms with Gasteiger partial charge in [0.2, 0.25) is 0 Å². The monoisotopic (exact) mass is 341 g/mol. The summed E-state index contributed by atoms with van der Waals surface area (Å²) in [5.41, 5.74) is 1.53. The van der Waals surface area contributed by atoms with Gasteiger partial charge in [0.15, 0.2) is 5.69 Å². The molecule has 2 unspecified atom stereocenters. The van der Waals surface area contributed by atoms with Crippen molar-refractivity contribution in [3.05, 3.63) is 42.0 Å². The number of pyridine rings is 1. The Morgan fingerprint density at radius 1 is 1.48 bits per heavy atom. The van der Waals surface area contributed by atoms with Gasteiger partial charge in [0.05, 0.1) is 18.8 Å². The fraction of sp³-hybridized carbons (Fsp3) is 0.556. The van der Waals surface area contributed by atoms with E-state index in [0.717, 1.165) is 31.4 Å². The molecule has 1 amide bonds. The summed E-state index contributed by atoms with van der Waals surface area (Å²) >= 11 is 0. The second kappa shape index (κ2) is 6.55. The van der Waals surface area contributed by atoms with Gasteiger partial charge in [-0.05, 0) is 37.8 Å². The first kappa shape index (κ1) is 16.2. The summed E-state index contributed by atoms with van der Waals surface area (Å²) in [5.74, 6) is -0.149. The van der Waals surface area contributed by atoms with Gasteiger partial charge in [-0.15, -0.1) is 5.10 Å². The van der Waals surface area contributed by atoms with Crippen molar-refractivity contribution in [2.45, 2.75) is 51.3 Å². The molecule has 2 saturated carbocycles. The van der Waals surface area contributed by atoms with Crippen LogP contribution in [0.4, 0.5) is 0 Å². The molecular formula is C18H23N5O2. The third-order valence-electron chi connectivity index (χ3n) is 5.58. The Morgan fingerprint density at radius 3 is 3.04 bits per heavy atom. The molecule has 0 saturated heterocycles. The van der Waals surface area contributed by atoms with Crippen LogP contribution in [0.1, 0.15) is 48.7 Å². The van der Waals surface area contributed by atoms with E-state index in [9.17, 15) is 4.79 Å². The fourth-order valence-corrected chi connectivity index (χ4v) is 4.03. The standard InChI is InChI=1S/C18H23N5O2/c1-2-25-16-9-15(18(16)6-4-7-18)20-17(24)14-12-23(22-21-14)11-13-5-3-8-19-10-13/h3,5,8,10,12,15-16H,2,4,6-7,9,11H2,1H3,(H,20,24). The van der Waals surface area contributed by atoms with Crippen LogP contribution in [0.3, 0.4) is 0 Å². The first-order valence-corrected chi connectivity index (χ1v) is 8.93. The molecule has 0 radical (unpaired) electrons. The third-order valence-corrected chi connectivity index (χ3v) is 5.58. The summed E-state index contributed by atoms with van der Waals surface area (Å²) in [4.78, 5) is 16.6. The van der Waals surface area contributed by atoms with Gasteiger partial charge < -0.3 is 10.1 Å². The van der Waals surface area contributed by atoms with Crippen molar-refractivity contribution < 1.29 is 9.53 Å². The van der Waals surface area contributed by atoms with Gasteiger partial charge in [-0.25, -0.2) is 4.68 Å². The number of amides is 1. The first-order valence-electron chi connectivity index (χ1n) is 8.93. The third kappa shape index (κ3) is 2.93. The van der Waals surface area contributed by atoms with Crippen molar-refractivity contribution in [2.24, 2.45) is 5.41 Å². The molecule has 0 aliphatic heterocycles. The van der Waals surface area contributed by atoms with Crippen LogP contribution >= 0.6 is 0 Å². The van der Waals surface area contributed by atoms with Crippen LogP contribution in [-0.2, 0) is 11.3 Å². The topological polar surface area (TPSA) is 81.9 Å². The van der Waals surface area contributed by atoms with Gasteiger partial charge in [-0.1, -0.05) is 17.7 Å². The van der Waals surface area contributed by atoms with E-state index in [-0.39, 0.29) is 23.5 Å². The SMILES string of the molecule is CCOC1CC(NC(=O)c2cn(Cc3cccnc3)nn2)C12CCC2. The molecule has 7 heteroatoms. The minimum atomic E-state index is -0.149. The summed E-state index contributed by atoms with van der Waals surface area (Å²) in [6.45, 7) is 3.31. The molecule has 2 atom stereocenters. The van der Waals surface area contributed by atoms with E-state index in [1.54, 1.807) is 23.3 Å². The number of hydrogen-bond donors (Lipinski definition) is 1. The summed E-state index contributed by atoms with van der Waals surface area (Å²) in [6, 6.07) is 4.04. The maximum absolute atomic E-state index is 12.5. The molecule has 132 valence electrons. The lowest BCUT2D eigenvalue weighted by Gasteiger charge is -2.60. The highest BCUT2D eigenvalue weighted by atomic mass is 16.5. The smallest absolute Gasteiger partial charge is 0.273 e. The predicted octanol–water partition coefficient (Wildman–Crippen LogP) is 1.80. The lowest BCUT2D eigenvalue weighted by atomic mass is 9.51. The number of aromatic nitrogens is 4. The van der Waals surface area contributed by atoms with Crippen molar-refractivity contribution in [3.63, 3.8) is 0 Å². The van der Waals surface area contributed by atoms with Crippen molar-refractivity contribution in [1.29, 1.82) is 0 Å². The molecule has 4 rings (SSSR count). The summed E-state index contributed by atoms with van der Waals surface area (Å²) in [6.07, 6.45) is 9.87. The zero-order chi connectivity index (χ0) is 17.3. The van der Waals surface area contributed by atoms with Crippen molar-refractivity contribution in [3.8, 4) is 0 Å². The Balaban J connectivity index is 1.38. The Hall–Kier alpha value is -2.28. The number of carbonyl (C=O) groups excluding carboxylic acids is 1. The van der Waals surface area contributed by atoms with Crippen molar-refractivity contribution in [2.75, 3.05) is 6.61 Å². The van der Waals surface area contributed by atoms with Gasteiger partial charge in [-0.2, -0.15) is 0 Å². The molecule has 2 aliphatic carbocycles. The van der Waals surface area contributed by atoms with E-state index in [1.165, 1.54) is 6.42 Å². The summed E-state index contributed by atoms with van der Waals surface area (Å²) in [7, 11) is 0. The van der Waals surface area contributed by atoms with Crippen molar-refractivity contribution >= 4 is 5.91 Å². The van der Waals surface area contributed by atoms with Gasteiger partial charge in [0.25, 0.3) is 5.91 Å². The van der Waals surface area contributed by atoms with Crippen LogP contribution in [-0.4, -0.2) is 44.6 Å². The molecule has 25 heavy (non-hydrogen) atoms. The number of carbonyl (C=O) groups is 1. The molecule has 0 aromatic carbocycles. The first-order chi connectivity index (χ1) is 12.2. The second-order valence-electron chi connectivity index (χ2n) is 6.96. The van der Waals surface area contributed by atoms with Crippen LogP contribution in [0.25, 0.3) is 0 Å². The molecular weight excluding hydrogens is 318 g/mol. The largest absolute Gasteiger partial charge is 0.378 e. The normalized spacial score (nSPS) is 23.7. The zero-order valence-electron chi connectivity index (χ0n) is 14.4. The average Bonchev–Trinajstić information content (AvgIpc) is 3.01. The lowest BCUT2D eigenvalue weighted by Crippen LogP contribution is -2.67. The molecule has 2 fully saturated rings. The van der Waals surface area contributed by atoms with Crippen LogP contribution in [0.2, 0.25) is 0 Å². The molecule has 2 aliphatic rings. The average molecular weight is 341 g/mol. The summed E-state index contributed by atoms with van der Waals surface area (Å²) in [5, 5.41) is 11.2. The van der Waals surface area contributed by atoms with Crippen LogP contribution in [0, 0.1) is 5.41 Å².